The van der Waals surface area contributed by atoms with Crippen molar-refractivity contribution < 1.29 is 15.6 Å². The van der Waals surface area contributed by atoms with Crippen molar-refractivity contribution in [1.82, 2.24) is 0 Å². The predicted octanol–water partition coefficient (Wildman–Crippen LogP) is 12.6. The molecule has 4 heteroatoms. The first-order chi connectivity index (χ1) is 26.2. The number of fused-ring (bicyclic) bond motifs is 4. The second kappa shape index (κ2) is 14.3. The number of allylic oxidation sites excluding steroid dienone is 1. The molecule has 0 saturated carbocycles. The van der Waals surface area contributed by atoms with Crippen molar-refractivity contribution >= 4 is 42.7 Å². The Bertz CT molecular complexity index is 2380. The van der Waals surface area contributed by atoms with E-state index in [0.717, 1.165) is 19.3 Å². The van der Waals surface area contributed by atoms with Crippen LogP contribution in [-0.2, 0) is 32.8 Å². The second-order valence-corrected chi connectivity index (χ2v) is 55.2. The minimum atomic E-state index is -5.60. The van der Waals surface area contributed by atoms with E-state index >= 15 is 0 Å². The molecule has 2 aliphatic rings. The van der Waals surface area contributed by atoms with Crippen LogP contribution in [0.3, 0.4) is 0 Å². The normalized spacial score (nSPS) is 15.9. The van der Waals surface area contributed by atoms with Gasteiger partial charge in [-0.25, -0.2) is 0 Å². The molecule has 0 spiro atoms. The molecule has 0 fully saturated rings. The quantitative estimate of drug-likeness (QED) is 0.134. The molecule has 0 amide bonds. The van der Waals surface area contributed by atoms with Crippen LogP contribution in [0.5, 0.6) is 0 Å². The number of halogens is 2. The van der Waals surface area contributed by atoms with E-state index in [9.17, 15) is 17.0 Å². The molecular weight excluding hydrogens is 803 g/mol. The molecule has 8 rings (SSSR count). The summed E-state index contributed by atoms with van der Waals surface area (Å²) in [6, 6.07) is 52.3. The number of rotatable bonds is 8. The van der Waals surface area contributed by atoms with Crippen LogP contribution in [0.15, 0.2) is 145 Å². The molecule has 279 valence electrons. The van der Waals surface area contributed by atoms with Crippen molar-refractivity contribution in [2.75, 3.05) is 0 Å². The Morgan fingerprint density at radius 3 is 1.78 bits per heavy atom. The molecular formula is C51H53Cl2SiZr. The third-order valence-electron chi connectivity index (χ3n) is 12.4. The van der Waals surface area contributed by atoms with Crippen LogP contribution in [0.25, 0.3) is 28.3 Å². The van der Waals surface area contributed by atoms with Gasteiger partial charge in [0.2, 0.25) is 0 Å². The van der Waals surface area contributed by atoms with Crippen molar-refractivity contribution in [3.63, 3.8) is 0 Å². The van der Waals surface area contributed by atoms with E-state index in [2.05, 4.69) is 194 Å². The maximum absolute atomic E-state index is 9.37. The van der Waals surface area contributed by atoms with Gasteiger partial charge in [-0.15, -0.1) is 0 Å². The van der Waals surface area contributed by atoms with E-state index in [1.165, 1.54) is 74.9 Å². The van der Waals surface area contributed by atoms with Crippen LogP contribution >= 0.6 is 17.0 Å². The SMILES string of the molecule is CCCC1=Cc2c(-c3ccccc3)cccc2[CH]1[Zr]([Cl])([Cl])([c]1cc(C(C)(C)C)cc2c1Cc1ccc(C(C)(C)C)cc1-2)[SiH](c1ccccc1)c1ccccc1. The summed E-state index contributed by atoms with van der Waals surface area (Å²) in [6.07, 6.45) is 5.33. The molecule has 2 aliphatic carbocycles. The average molecular weight is 856 g/mol. The Kier molecular flexibility index (Phi) is 10.0. The average Bonchev–Trinajstić information content (AvgIpc) is 3.74. The molecule has 6 aromatic carbocycles. The van der Waals surface area contributed by atoms with Gasteiger partial charge in [0.1, 0.15) is 0 Å². The fraction of sp³-hybridized carbons (Fsp3) is 0.255. The molecule has 6 aromatic rings. The molecule has 1 unspecified atom stereocenters. The van der Waals surface area contributed by atoms with Gasteiger partial charge < -0.3 is 0 Å². The molecule has 0 heterocycles. The second-order valence-electron chi connectivity index (χ2n) is 18.1. The van der Waals surface area contributed by atoms with Crippen LogP contribution in [0.4, 0.5) is 0 Å². The molecule has 0 bridgehead atoms. The zero-order valence-electron chi connectivity index (χ0n) is 33.4. The fourth-order valence-electron chi connectivity index (χ4n) is 9.64. The van der Waals surface area contributed by atoms with Gasteiger partial charge in [0.15, 0.2) is 0 Å². The number of benzene rings is 6. The van der Waals surface area contributed by atoms with Gasteiger partial charge in [-0.05, 0) is 0 Å². The van der Waals surface area contributed by atoms with Crippen molar-refractivity contribution in [3.8, 4) is 22.3 Å². The van der Waals surface area contributed by atoms with E-state index in [-0.39, 0.29) is 14.5 Å². The van der Waals surface area contributed by atoms with E-state index in [4.69, 9.17) is 0 Å². The zero-order chi connectivity index (χ0) is 38.8. The van der Waals surface area contributed by atoms with Gasteiger partial charge in [-0.2, -0.15) is 0 Å². The molecule has 1 atom stereocenters. The summed E-state index contributed by atoms with van der Waals surface area (Å²) in [6.45, 7) is 16.3. The van der Waals surface area contributed by atoms with Gasteiger partial charge in [-0.3, -0.25) is 0 Å². The van der Waals surface area contributed by atoms with Crippen molar-refractivity contribution in [3.05, 3.63) is 178 Å². The van der Waals surface area contributed by atoms with Crippen LogP contribution in [0.1, 0.15) is 98.3 Å². The molecule has 55 heavy (non-hydrogen) atoms. The molecule has 0 nitrogen and oxygen atoms in total. The Labute approximate surface area is 338 Å². The van der Waals surface area contributed by atoms with Gasteiger partial charge >= 0.3 is 341 Å². The fourth-order valence-corrected chi connectivity index (χ4v) is 55.6. The molecule has 0 aliphatic heterocycles. The Balaban J connectivity index is 1.53. The van der Waals surface area contributed by atoms with Crippen LogP contribution in [0.2, 0.25) is 0 Å². The third kappa shape index (κ3) is 6.64. The summed E-state index contributed by atoms with van der Waals surface area (Å²) in [5.74, 6) is -2.43. The minimum absolute atomic E-state index is 0.0356. The first kappa shape index (κ1) is 38.6. The predicted molar refractivity (Wildman–Crippen MR) is 240 cm³/mol. The van der Waals surface area contributed by atoms with Gasteiger partial charge in [0, 0.05) is 0 Å². The van der Waals surface area contributed by atoms with Crippen LogP contribution in [-0.4, -0.2) is 5.92 Å². The van der Waals surface area contributed by atoms with Gasteiger partial charge in [0.05, 0.1) is 0 Å². The molecule has 0 N–H and O–H groups in total. The molecule has 0 aromatic heterocycles. The Hall–Kier alpha value is -3.26. The van der Waals surface area contributed by atoms with E-state index in [1.54, 1.807) is 0 Å². The zero-order valence-corrected chi connectivity index (χ0v) is 38.5. The standard InChI is InChI=1S/C21H25.C18H17.C12H11Si.2ClH.Zr/c1-20(2,3)16-9-7-14-11-15-8-10-17(21(4,5)6)13-19(15)18(14)12-16;1-2-7-14-12-16-10-6-11-17(18(16)13-14)15-8-4-3-5-9-15;1-3-7-11(8-4-1)13-12-9-5-2-6-10-12;;;/h7,9-10,12-13H,11H2,1-6H3;3-6,8-13H,2,7H2,1H3;1-10,13H;2*1H;/q;;;;;+2/p-2. The first-order valence-corrected chi connectivity index (χ1v) is 35.0. The van der Waals surface area contributed by atoms with Crippen molar-refractivity contribution in [1.29, 1.82) is 0 Å². The van der Waals surface area contributed by atoms with Crippen LogP contribution in [0, 0.1) is 0 Å². The van der Waals surface area contributed by atoms with E-state index in [0.29, 0.717) is 0 Å². The topological polar surface area (TPSA) is 0 Å². The van der Waals surface area contributed by atoms with Crippen molar-refractivity contribution in [2.45, 2.75) is 82.2 Å². The summed E-state index contributed by atoms with van der Waals surface area (Å²) in [7, 11) is 18.7. The maximum atomic E-state index is 9.37. The molecule has 0 radical (unpaired) electrons. The van der Waals surface area contributed by atoms with Gasteiger partial charge in [0.25, 0.3) is 0 Å². The third-order valence-corrected chi connectivity index (χ3v) is 52.7. The first-order valence-electron chi connectivity index (χ1n) is 20.1. The summed E-state index contributed by atoms with van der Waals surface area (Å²) in [5.41, 5.74) is 14.5. The molecule has 0 saturated heterocycles. The number of hydrogen-bond acceptors (Lipinski definition) is 0. The van der Waals surface area contributed by atoms with E-state index in [1.807, 2.05) is 0 Å². The summed E-state index contributed by atoms with van der Waals surface area (Å²) >= 11 is -5.60. The van der Waals surface area contributed by atoms with Crippen molar-refractivity contribution in [2.24, 2.45) is 0 Å². The monoisotopic (exact) mass is 853 g/mol. The summed E-state index contributed by atoms with van der Waals surface area (Å²) < 4.78 is 1.21. The summed E-state index contributed by atoms with van der Waals surface area (Å²) in [5, 5.41) is 2.65. The van der Waals surface area contributed by atoms with Gasteiger partial charge in [-0.1, -0.05) is 0 Å². The summed E-state index contributed by atoms with van der Waals surface area (Å²) in [4.78, 5) is 0. The van der Waals surface area contributed by atoms with E-state index < -0.39 is 21.5 Å². The van der Waals surface area contributed by atoms with Crippen LogP contribution < -0.4 is 13.6 Å². The Morgan fingerprint density at radius 1 is 0.618 bits per heavy atom. The Morgan fingerprint density at radius 2 is 1.20 bits per heavy atom. The number of hydrogen-bond donors (Lipinski definition) is 0.